The molecule has 2 rings (SSSR count). The van der Waals surface area contributed by atoms with E-state index in [2.05, 4.69) is 0 Å². The lowest BCUT2D eigenvalue weighted by atomic mass is 10.1. The van der Waals surface area contributed by atoms with Crippen molar-refractivity contribution in [2.24, 2.45) is 5.92 Å². The monoisotopic (exact) mass is 218 g/mol. The van der Waals surface area contributed by atoms with Gasteiger partial charge in [0.1, 0.15) is 0 Å². The normalized spacial score (nSPS) is 14.9. The molecule has 0 heterocycles. The van der Waals surface area contributed by atoms with Crippen LogP contribution >= 0.6 is 0 Å². The van der Waals surface area contributed by atoms with Crippen molar-refractivity contribution < 1.29 is 4.79 Å². The maximum absolute atomic E-state index is 12.1. The summed E-state index contributed by atoms with van der Waals surface area (Å²) in [5.74, 6) is 0.826. The summed E-state index contributed by atoms with van der Waals surface area (Å²) in [5.41, 5.74) is 8.09. The zero-order valence-corrected chi connectivity index (χ0v) is 9.86. The number of anilines is 1. The predicted molar refractivity (Wildman–Crippen MR) is 65.3 cm³/mol. The molecule has 0 spiro atoms. The molecular weight excluding hydrogens is 200 g/mol. The first kappa shape index (κ1) is 11.0. The third-order valence-corrected chi connectivity index (χ3v) is 3.06. The van der Waals surface area contributed by atoms with Crippen LogP contribution in [0, 0.1) is 12.8 Å². The van der Waals surface area contributed by atoms with Crippen molar-refractivity contribution in [2.45, 2.75) is 19.8 Å². The molecule has 0 radical (unpaired) electrons. The first-order chi connectivity index (χ1) is 7.58. The summed E-state index contributed by atoms with van der Waals surface area (Å²) in [7, 11) is 1.87. The fourth-order valence-electron chi connectivity index (χ4n) is 1.90. The molecule has 1 aromatic carbocycles. The molecule has 86 valence electrons. The maximum atomic E-state index is 12.1. The second kappa shape index (κ2) is 4.16. The van der Waals surface area contributed by atoms with Crippen LogP contribution in [0.25, 0.3) is 0 Å². The summed E-state index contributed by atoms with van der Waals surface area (Å²) in [4.78, 5) is 13.9. The Morgan fingerprint density at radius 2 is 2.19 bits per heavy atom. The average molecular weight is 218 g/mol. The second-order valence-electron chi connectivity index (χ2n) is 4.70. The summed E-state index contributed by atoms with van der Waals surface area (Å²) in [6.45, 7) is 2.80. The number of aryl methyl sites for hydroxylation is 1. The number of hydrogen-bond donors (Lipinski definition) is 1. The Bertz CT molecular complexity index is 410. The number of carbonyl (C=O) groups is 1. The highest BCUT2D eigenvalue weighted by Gasteiger charge is 2.25. The van der Waals surface area contributed by atoms with E-state index in [1.165, 1.54) is 12.8 Å². The summed E-state index contributed by atoms with van der Waals surface area (Å²) in [6.07, 6.45) is 2.52. The molecule has 1 amide bonds. The molecule has 0 bridgehead atoms. The van der Waals surface area contributed by atoms with Gasteiger partial charge in [0.2, 0.25) is 0 Å². The van der Waals surface area contributed by atoms with Gasteiger partial charge in [0.15, 0.2) is 0 Å². The number of rotatable bonds is 3. The van der Waals surface area contributed by atoms with Crippen molar-refractivity contribution in [3.05, 3.63) is 29.3 Å². The zero-order chi connectivity index (χ0) is 11.7. The molecule has 1 aliphatic carbocycles. The number of amides is 1. The Morgan fingerprint density at radius 1 is 1.50 bits per heavy atom. The topological polar surface area (TPSA) is 46.3 Å². The van der Waals surface area contributed by atoms with E-state index >= 15 is 0 Å². The standard InChI is InChI=1S/C13H18N2O/c1-9-7-11(14)5-6-12(9)13(16)15(2)8-10-3-4-10/h5-7,10H,3-4,8,14H2,1-2H3. The lowest BCUT2D eigenvalue weighted by Gasteiger charge is -2.18. The molecule has 0 saturated heterocycles. The molecule has 3 heteroatoms. The van der Waals surface area contributed by atoms with Gasteiger partial charge in [-0.05, 0) is 49.4 Å². The molecular formula is C13H18N2O. The van der Waals surface area contributed by atoms with E-state index < -0.39 is 0 Å². The van der Waals surface area contributed by atoms with Crippen LogP contribution in [0.5, 0.6) is 0 Å². The van der Waals surface area contributed by atoms with Gasteiger partial charge in [0.05, 0.1) is 0 Å². The SMILES string of the molecule is Cc1cc(N)ccc1C(=O)N(C)CC1CC1. The van der Waals surface area contributed by atoms with Gasteiger partial charge in [-0.3, -0.25) is 4.79 Å². The Balaban J connectivity index is 2.12. The van der Waals surface area contributed by atoms with Crippen molar-refractivity contribution in [1.82, 2.24) is 4.90 Å². The van der Waals surface area contributed by atoms with Crippen LogP contribution in [-0.2, 0) is 0 Å². The number of nitrogens with zero attached hydrogens (tertiary/aromatic N) is 1. The van der Waals surface area contributed by atoms with E-state index in [9.17, 15) is 4.79 Å². The van der Waals surface area contributed by atoms with E-state index in [4.69, 9.17) is 5.73 Å². The van der Waals surface area contributed by atoms with E-state index in [1.54, 1.807) is 6.07 Å². The van der Waals surface area contributed by atoms with Crippen LogP contribution < -0.4 is 5.73 Å². The maximum Gasteiger partial charge on any atom is 0.253 e. The number of nitrogens with two attached hydrogens (primary N) is 1. The Kier molecular flexibility index (Phi) is 2.86. The van der Waals surface area contributed by atoms with Crippen molar-refractivity contribution in [2.75, 3.05) is 19.3 Å². The molecule has 1 saturated carbocycles. The highest BCUT2D eigenvalue weighted by atomic mass is 16.2. The van der Waals surface area contributed by atoms with Gasteiger partial charge in [0, 0.05) is 24.8 Å². The van der Waals surface area contributed by atoms with Gasteiger partial charge < -0.3 is 10.6 Å². The van der Waals surface area contributed by atoms with Crippen LogP contribution in [0.1, 0.15) is 28.8 Å². The van der Waals surface area contributed by atoms with Gasteiger partial charge >= 0.3 is 0 Å². The van der Waals surface area contributed by atoms with Crippen LogP contribution in [0.15, 0.2) is 18.2 Å². The van der Waals surface area contributed by atoms with Gasteiger partial charge in [-0.25, -0.2) is 0 Å². The minimum absolute atomic E-state index is 0.101. The van der Waals surface area contributed by atoms with Crippen LogP contribution in [0.2, 0.25) is 0 Å². The molecule has 3 nitrogen and oxygen atoms in total. The Hall–Kier alpha value is -1.51. The van der Waals surface area contributed by atoms with Crippen LogP contribution in [0.3, 0.4) is 0 Å². The molecule has 2 N–H and O–H groups in total. The summed E-state index contributed by atoms with van der Waals surface area (Å²) in [5, 5.41) is 0. The van der Waals surface area contributed by atoms with E-state index in [0.717, 1.165) is 23.6 Å². The zero-order valence-electron chi connectivity index (χ0n) is 9.86. The van der Waals surface area contributed by atoms with Crippen molar-refractivity contribution in [3.63, 3.8) is 0 Å². The summed E-state index contributed by atoms with van der Waals surface area (Å²) >= 11 is 0. The largest absolute Gasteiger partial charge is 0.399 e. The van der Waals surface area contributed by atoms with Gasteiger partial charge in [-0.1, -0.05) is 0 Å². The second-order valence-corrected chi connectivity index (χ2v) is 4.70. The molecule has 1 aliphatic rings. The first-order valence-corrected chi connectivity index (χ1v) is 5.69. The lowest BCUT2D eigenvalue weighted by Crippen LogP contribution is -2.29. The van der Waals surface area contributed by atoms with Crippen LogP contribution in [0.4, 0.5) is 5.69 Å². The number of carbonyl (C=O) groups excluding carboxylic acids is 1. The third-order valence-electron chi connectivity index (χ3n) is 3.06. The third kappa shape index (κ3) is 2.35. The van der Waals surface area contributed by atoms with E-state index in [1.807, 2.05) is 31.0 Å². The predicted octanol–water partition coefficient (Wildman–Crippen LogP) is 2.06. The highest BCUT2D eigenvalue weighted by Crippen LogP contribution is 2.29. The van der Waals surface area contributed by atoms with Crippen LogP contribution in [-0.4, -0.2) is 24.4 Å². The molecule has 1 fully saturated rings. The molecule has 16 heavy (non-hydrogen) atoms. The number of hydrogen-bond acceptors (Lipinski definition) is 2. The quantitative estimate of drug-likeness (QED) is 0.789. The fraction of sp³-hybridized carbons (Fsp3) is 0.462. The minimum atomic E-state index is 0.101. The Morgan fingerprint density at radius 3 is 2.75 bits per heavy atom. The van der Waals surface area contributed by atoms with Crippen molar-refractivity contribution in [1.29, 1.82) is 0 Å². The summed E-state index contributed by atoms with van der Waals surface area (Å²) in [6, 6.07) is 5.44. The average Bonchev–Trinajstić information content (AvgIpc) is 3.00. The number of benzene rings is 1. The smallest absolute Gasteiger partial charge is 0.253 e. The first-order valence-electron chi connectivity index (χ1n) is 5.69. The summed E-state index contributed by atoms with van der Waals surface area (Å²) < 4.78 is 0. The van der Waals surface area contributed by atoms with Crippen molar-refractivity contribution >= 4 is 11.6 Å². The molecule has 1 aromatic rings. The van der Waals surface area contributed by atoms with E-state index in [-0.39, 0.29) is 5.91 Å². The highest BCUT2D eigenvalue weighted by molar-refractivity contribution is 5.95. The minimum Gasteiger partial charge on any atom is -0.399 e. The molecule has 0 aromatic heterocycles. The molecule has 0 aliphatic heterocycles. The van der Waals surface area contributed by atoms with Gasteiger partial charge in [-0.15, -0.1) is 0 Å². The molecule has 0 unspecified atom stereocenters. The number of nitrogen functional groups attached to an aromatic ring is 1. The van der Waals surface area contributed by atoms with E-state index in [0.29, 0.717) is 5.69 Å². The van der Waals surface area contributed by atoms with Gasteiger partial charge in [0.25, 0.3) is 5.91 Å². The lowest BCUT2D eigenvalue weighted by molar-refractivity contribution is 0.0788. The van der Waals surface area contributed by atoms with Crippen molar-refractivity contribution in [3.8, 4) is 0 Å². The van der Waals surface area contributed by atoms with Gasteiger partial charge in [-0.2, -0.15) is 0 Å². The fourth-order valence-corrected chi connectivity index (χ4v) is 1.90. The Labute approximate surface area is 96.2 Å². The molecule has 0 atom stereocenters.